The molecule has 4 rings (SSSR count). The van der Waals surface area contributed by atoms with Crippen LogP contribution in [-0.4, -0.2) is 26.3 Å². The van der Waals surface area contributed by atoms with Gasteiger partial charge >= 0.3 is 0 Å². The van der Waals surface area contributed by atoms with Crippen molar-refractivity contribution >= 4 is 27.4 Å². The Hall–Kier alpha value is -2.73. The maximum Gasteiger partial charge on any atom is 0.138 e. The van der Waals surface area contributed by atoms with Gasteiger partial charge in [0.05, 0.1) is 11.1 Å². The second-order valence-corrected chi connectivity index (χ2v) is 7.18. The van der Waals surface area contributed by atoms with Crippen LogP contribution in [0.1, 0.15) is 16.0 Å². The summed E-state index contributed by atoms with van der Waals surface area (Å²) in [5.74, 6) is 0.931. The highest BCUT2D eigenvalue weighted by atomic mass is 32.1. The Morgan fingerprint density at radius 3 is 2.72 bits per heavy atom. The molecule has 0 amide bonds. The average molecular weight is 349 g/mol. The fraction of sp³-hybridized carbons (Fsp3) is 0.211. The number of anilines is 1. The van der Waals surface area contributed by atoms with Crippen LogP contribution in [0.5, 0.6) is 0 Å². The standard InChI is InChI=1S/C19H19N5S/c1-13-14(2)25-19-17(13)18(21-12-22-19)20-10-8-15-4-6-16(7-5-15)24-11-3-9-23-24/h3-7,9,11-12H,8,10H2,1-2H3,(H,20,21,22). The van der Waals surface area contributed by atoms with E-state index in [2.05, 4.69) is 58.5 Å². The van der Waals surface area contributed by atoms with E-state index < -0.39 is 0 Å². The van der Waals surface area contributed by atoms with Crippen LogP contribution in [0.15, 0.2) is 49.1 Å². The van der Waals surface area contributed by atoms with Crippen LogP contribution in [0, 0.1) is 13.8 Å². The second kappa shape index (κ2) is 6.64. The van der Waals surface area contributed by atoms with E-state index in [1.54, 1.807) is 23.9 Å². The van der Waals surface area contributed by atoms with Gasteiger partial charge in [-0.05, 0) is 49.6 Å². The van der Waals surface area contributed by atoms with Crippen molar-refractivity contribution in [2.75, 3.05) is 11.9 Å². The fourth-order valence-corrected chi connectivity index (χ4v) is 3.88. The number of thiophene rings is 1. The molecule has 6 heteroatoms. The van der Waals surface area contributed by atoms with E-state index in [0.29, 0.717) is 0 Å². The minimum atomic E-state index is 0.835. The molecule has 1 N–H and O–H groups in total. The summed E-state index contributed by atoms with van der Waals surface area (Å²) < 4.78 is 1.86. The van der Waals surface area contributed by atoms with Gasteiger partial charge in [-0.1, -0.05) is 12.1 Å². The highest BCUT2D eigenvalue weighted by molar-refractivity contribution is 7.18. The fourth-order valence-electron chi connectivity index (χ4n) is 2.88. The van der Waals surface area contributed by atoms with Crippen molar-refractivity contribution in [2.24, 2.45) is 0 Å². The summed E-state index contributed by atoms with van der Waals surface area (Å²) in [6.45, 7) is 5.10. The number of aryl methyl sites for hydroxylation is 2. The van der Waals surface area contributed by atoms with Gasteiger partial charge in [0.1, 0.15) is 17.0 Å². The van der Waals surface area contributed by atoms with Gasteiger partial charge in [0, 0.05) is 23.8 Å². The largest absolute Gasteiger partial charge is 0.369 e. The minimum absolute atomic E-state index is 0.835. The molecular formula is C19H19N5S. The summed E-state index contributed by atoms with van der Waals surface area (Å²) in [7, 11) is 0. The molecule has 0 aliphatic carbocycles. The zero-order valence-electron chi connectivity index (χ0n) is 14.2. The summed E-state index contributed by atoms with van der Waals surface area (Å²) in [5.41, 5.74) is 3.63. The van der Waals surface area contributed by atoms with Gasteiger partial charge in [-0.3, -0.25) is 0 Å². The molecule has 25 heavy (non-hydrogen) atoms. The van der Waals surface area contributed by atoms with Crippen LogP contribution in [-0.2, 0) is 6.42 Å². The zero-order chi connectivity index (χ0) is 17.2. The van der Waals surface area contributed by atoms with Crippen molar-refractivity contribution in [2.45, 2.75) is 20.3 Å². The van der Waals surface area contributed by atoms with Crippen LogP contribution in [0.4, 0.5) is 5.82 Å². The van der Waals surface area contributed by atoms with Crippen LogP contribution >= 0.6 is 11.3 Å². The molecule has 3 aromatic heterocycles. The molecule has 0 atom stereocenters. The van der Waals surface area contributed by atoms with Crippen molar-refractivity contribution < 1.29 is 0 Å². The van der Waals surface area contributed by atoms with E-state index in [4.69, 9.17) is 0 Å². The smallest absolute Gasteiger partial charge is 0.138 e. The predicted octanol–water partition coefficient (Wildman–Crippen LogP) is 4.15. The molecule has 126 valence electrons. The lowest BCUT2D eigenvalue weighted by Gasteiger charge is -2.08. The van der Waals surface area contributed by atoms with E-state index in [9.17, 15) is 0 Å². The van der Waals surface area contributed by atoms with E-state index in [1.807, 2.05) is 16.9 Å². The first-order chi connectivity index (χ1) is 12.2. The topological polar surface area (TPSA) is 55.6 Å². The van der Waals surface area contributed by atoms with Crippen molar-refractivity contribution in [3.05, 3.63) is 65.1 Å². The van der Waals surface area contributed by atoms with Gasteiger partial charge < -0.3 is 5.32 Å². The quantitative estimate of drug-likeness (QED) is 0.588. The van der Waals surface area contributed by atoms with Gasteiger partial charge in [0.25, 0.3) is 0 Å². The zero-order valence-corrected chi connectivity index (χ0v) is 15.0. The average Bonchev–Trinajstić information content (AvgIpc) is 3.25. The lowest BCUT2D eigenvalue weighted by molar-refractivity contribution is 0.878. The molecule has 0 saturated heterocycles. The summed E-state index contributed by atoms with van der Waals surface area (Å²) in [4.78, 5) is 11.2. The first-order valence-electron chi connectivity index (χ1n) is 8.26. The third kappa shape index (κ3) is 3.13. The molecular weight excluding hydrogens is 330 g/mol. The Kier molecular flexibility index (Phi) is 4.19. The first kappa shape index (κ1) is 15.8. The van der Waals surface area contributed by atoms with Gasteiger partial charge in [0.15, 0.2) is 0 Å². The summed E-state index contributed by atoms with van der Waals surface area (Å²) in [6.07, 6.45) is 6.31. The lowest BCUT2D eigenvalue weighted by atomic mass is 10.1. The van der Waals surface area contributed by atoms with Crippen LogP contribution in [0.2, 0.25) is 0 Å². The van der Waals surface area contributed by atoms with Gasteiger partial charge in [-0.15, -0.1) is 11.3 Å². The van der Waals surface area contributed by atoms with Crippen molar-refractivity contribution in [1.82, 2.24) is 19.7 Å². The molecule has 0 fully saturated rings. The molecule has 0 unspecified atom stereocenters. The van der Waals surface area contributed by atoms with Crippen LogP contribution < -0.4 is 5.32 Å². The summed E-state index contributed by atoms with van der Waals surface area (Å²) in [5, 5.41) is 8.87. The van der Waals surface area contributed by atoms with E-state index in [-0.39, 0.29) is 0 Å². The van der Waals surface area contributed by atoms with Crippen LogP contribution in [0.3, 0.4) is 0 Å². The predicted molar refractivity (Wildman–Crippen MR) is 103 cm³/mol. The highest BCUT2D eigenvalue weighted by Crippen LogP contribution is 2.32. The Morgan fingerprint density at radius 1 is 1.12 bits per heavy atom. The molecule has 0 bridgehead atoms. The van der Waals surface area contributed by atoms with Crippen molar-refractivity contribution in [3.8, 4) is 5.69 Å². The molecule has 3 heterocycles. The van der Waals surface area contributed by atoms with E-state index >= 15 is 0 Å². The normalized spacial score (nSPS) is 11.1. The Morgan fingerprint density at radius 2 is 1.96 bits per heavy atom. The SMILES string of the molecule is Cc1sc2ncnc(NCCc3ccc(-n4cccn4)cc3)c2c1C. The highest BCUT2D eigenvalue weighted by Gasteiger charge is 2.11. The number of hydrogen-bond donors (Lipinski definition) is 1. The third-order valence-corrected chi connectivity index (χ3v) is 5.49. The lowest BCUT2D eigenvalue weighted by Crippen LogP contribution is -2.07. The van der Waals surface area contributed by atoms with Crippen molar-refractivity contribution in [3.63, 3.8) is 0 Å². The Balaban J connectivity index is 1.44. The number of benzene rings is 1. The third-order valence-electron chi connectivity index (χ3n) is 4.38. The minimum Gasteiger partial charge on any atom is -0.369 e. The van der Waals surface area contributed by atoms with E-state index in [1.165, 1.54) is 16.0 Å². The summed E-state index contributed by atoms with van der Waals surface area (Å²) in [6, 6.07) is 10.4. The van der Waals surface area contributed by atoms with Crippen LogP contribution in [0.25, 0.3) is 15.9 Å². The molecule has 0 radical (unpaired) electrons. The number of fused-ring (bicyclic) bond motifs is 1. The maximum atomic E-state index is 4.43. The van der Waals surface area contributed by atoms with Gasteiger partial charge in [0.2, 0.25) is 0 Å². The Bertz CT molecular complexity index is 987. The number of aromatic nitrogens is 4. The number of hydrogen-bond acceptors (Lipinski definition) is 5. The summed E-state index contributed by atoms with van der Waals surface area (Å²) >= 11 is 1.72. The molecule has 0 saturated carbocycles. The molecule has 0 spiro atoms. The Labute approximate surface area is 150 Å². The number of nitrogens with zero attached hydrogens (tertiary/aromatic N) is 4. The van der Waals surface area contributed by atoms with Gasteiger partial charge in [-0.2, -0.15) is 5.10 Å². The maximum absolute atomic E-state index is 4.43. The number of rotatable bonds is 5. The molecule has 0 aliphatic heterocycles. The monoisotopic (exact) mass is 349 g/mol. The van der Waals surface area contributed by atoms with Gasteiger partial charge in [-0.25, -0.2) is 14.6 Å². The number of nitrogens with one attached hydrogen (secondary N) is 1. The van der Waals surface area contributed by atoms with Crippen molar-refractivity contribution in [1.29, 1.82) is 0 Å². The molecule has 0 aliphatic rings. The molecule has 5 nitrogen and oxygen atoms in total. The first-order valence-corrected chi connectivity index (χ1v) is 9.07. The molecule has 4 aromatic rings. The van der Waals surface area contributed by atoms with E-state index in [0.717, 1.165) is 34.7 Å². The molecule has 1 aromatic carbocycles. The second-order valence-electron chi connectivity index (χ2n) is 5.98.